The number of nitrogens with one attached hydrogen (secondary N) is 1. The number of nitrogens with two attached hydrogens (primary N) is 2. The molecular formula is C11H13N3O2S2. The van der Waals surface area contributed by atoms with Crippen molar-refractivity contribution in [3.8, 4) is 0 Å². The maximum Gasteiger partial charge on any atom is 0.238 e. The molecule has 0 spiro atoms. The Morgan fingerprint density at radius 3 is 2.61 bits per heavy atom. The highest BCUT2D eigenvalue weighted by molar-refractivity contribution is 7.89. The minimum absolute atomic E-state index is 0.0419. The normalized spacial score (nSPS) is 11.4. The summed E-state index contributed by atoms with van der Waals surface area (Å²) >= 11 is 1.54. The highest BCUT2D eigenvalue weighted by Gasteiger charge is 2.15. The largest absolute Gasteiger partial charge is 0.399 e. The molecule has 0 unspecified atom stereocenters. The molecule has 18 heavy (non-hydrogen) atoms. The van der Waals surface area contributed by atoms with Crippen LogP contribution in [0.2, 0.25) is 0 Å². The van der Waals surface area contributed by atoms with E-state index in [4.69, 9.17) is 10.9 Å². The summed E-state index contributed by atoms with van der Waals surface area (Å²) in [5.41, 5.74) is 8.12. The van der Waals surface area contributed by atoms with Crippen LogP contribution in [0.1, 0.15) is 5.56 Å². The minimum Gasteiger partial charge on any atom is -0.399 e. The Kier molecular flexibility index (Phi) is 3.29. The molecule has 0 saturated heterocycles. The Labute approximate surface area is 109 Å². The van der Waals surface area contributed by atoms with Crippen LogP contribution in [0.4, 0.5) is 17.1 Å². The molecule has 1 aromatic heterocycles. The average Bonchev–Trinajstić information content (AvgIpc) is 2.74. The van der Waals surface area contributed by atoms with Gasteiger partial charge in [0, 0.05) is 22.4 Å². The molecule has 0 aliphatic carbocycles. The Balaban J connectivity index is 2.52. The van der Waals surface area contributed by atoms with E-state index in [1.807, 2.05) is 16.8 Å². The second kappa shape index (κ2) is 4.60. The molecule has 2 aromatic rings. The molecule has 0 amide bonds. The third-order valence-corrected chi connectivity index (χ3v) is 4.21. The van der Waals surface area contributed by atoms with Crippen molar-refractivity contribution in [2.45, 2.75) is 11.8 Å². The number of benzene rings is 1. The van der Waals surface area contributed by atoms with E-state index in [0.29, 0.717) is 16.9 Å². The van der Waals surface area contributed by atoms with Crippen molar-refractivity contribution in [1.29, 1.82) is 0 Å². The van der Waals surface area contributed by atoms with Crippen molar-refractivity contribution in [3.63, 3.8) is 0 Å². The van der Waals surface area contributed by atoms with Crippen LogP contribution in [0.25, 0.3) is 0 Å². The van der Waals surface area contributed by atoms with E-state index in [1.54, 1.807) is 24.3 Å². The molecule has 7 heteroatoms. The van der Waals surface area contributed by atoms with Crippen molar-refractivity contribution < 1.29 is 8.42 Å². The Bertz CT molecular complexity index is 664. The Morgan fingerprint density at radius 2 is 2.06 bits per heavy atom. The van der Waals surface area contributed by atoms with Crippen LogP contribution >= 0.6 is 11.3 Å². The second-order valence-corrected chi connectivity index (χ2v) is 6.18. The molecule has 2 rings (SSSR count). The van der Waals surface area contributed by atoms with Crippen LogP contribution in [0.15, 0.2) is 33.9 Å². The summed E-state index contributed by atoms with van der Waals surface area (Å²) in [6.45, 7) is 1.69. The molecule has 96 valence electrons. The molecule has 0 saturated carbocycles. The molecule has 0 radical (unpaired) electrons. The third kappa shape index (κ3) is 2.63. The molecule has 0 fully saturated rings. The quantitative estimate of drug-likeness (QED) is 0.751. The van der Waals surface area contributed by atoms with Gasteiger partial charge < -0.3 is 11.1 Å². The number of anilines is 3. The van der Waals surface area contributed by atoms with Gasteiger partial charge in [-0.05, 0) is 36.1 Å². The van der Waals surface area contributed by atoms with Gasteiger partial charge in [0.25, 0.3) is 0 Å². The van der Waals surface area contributed by atoms with Gasteiger partial charge in [0.2, 0.25) is 10.0 Å². The standard InChI is InChI=1S/C11H13N3O2S2/c1-7-10(14-9-2-3-17-6-9)4-8(12)5-11(7)18(13,15)16/h2-6,14H,12H2,1H3,(H2,13,15,16). The molecule has 0 atom stereocenters. The summed E-state index contributed by atoms with van der Waals surface area (Å²) in [7, 11) is -3.77. The molecule has 1 aromatic carbocycles. The van der Waals surface area contributed by atoms with Gasteiger partial charge in [-0.1, -0.05) is 0 Å². The molecule has 0 aliphatic heterocycles. The lowest BCUT2D eigenvalue weighted by molar-refractivity contribution is 0.597. The number of nitrogen functional groups attached to an aromatic ring is 1. The first kappa shape index (κ1) is 12.9. The SMILES string of the molecule is Cc1c(Nc2ccsc2)cc(N)cc1S(N)(=O)=O. The van der Waals surface area contributed by atoms with Crippen molar-refractivity contribution in [1.82, 2.24) is 0 Å². The predicted octanol–water partition coefficient (Wildman–Crippen LogP) is 2.03. The molecule has 1 heterocycles. The van der Waals surface area contributed by atoms with Crippen LogP contribution in [0, 0.1) is 6.92 Å². The molecule has 0 bridgehead atoms. The molecule has 5 N–H and O–H groups in total. The number of hydrogen-bond donors (Lipinski definition) is 3. The van der Waals surface area contributed by atoms with E-state index in [1.165, 1.54) is 6.07 Å². The van der Waals surface area contributed by atoms with Gasteiger partial charge in [0.1, 0.15) is 0 Å². The van der Waals surface area contributed by atoms with E-state index in [0.717, 1.165) is 5.69 Å². The summed E-state index contributed by atoms with van der Waals surface area (Å²) in [6, 6.07) is 4.94. The Hall–Kier alpha value is -1.57. The fraction of sp³-hybridized carbons (Fsp3) is 0.0909. The van der Waals surface area contributed by atoms with Crippen LogP contribution in [0.3, 0.4) is 0 Å². The topological polar surface area (TPSA) is 98.2 Å². The summed E-state index contributed by atoms with van der Waals surface area (Å²) in [6.07, 6.45) is 0. The van der Waals surface area contributed by atoms with E-state index < -0.39 is 10.0 Å². The first-order valence-electron chi connectivity index (χ1n) is 5.10. The summed E-state index contributed by atoms with van der Waals surface area (Å²) < 4.78 is 22.9. The first-order chi connectivity index (χ1) is 8.38. The second-order valence-electron chi connectivity index (χ2n) is 3.87. The van der Waals surface area contributed by atoms with Gasteiger partial charge in [-0.2, -0.15) is 11.3 Å². The van der Waals surface area contributed by atoms with Crippen LogP contribution in [0.5, 0.6) is 0 Å². The fourth-order valence-corrected chi connectivity index (χ4v) is 3.05. The lowest BCUT2D eigenvalue weighted by atomic mass is 10.1. The molecule has 0 aliphatic rings. The number of thiophene rings is 1. The van der Waals surface area contributed by atoms with Gasteiger partial charge in [-0.3, -0.25) is 0 Å². The van der Waals surface area contributed by atoms with Gasteiger partial charge >= 0.3 is 0 Å². The summed E-state index contributed by atoms with van der Waals surface area (Å²) in [4.78, 5) is 0.0419. The molecular weight excluding hydrogens is 270 g/mol. The first-order valence-corrected chi connectivity index (χ1v) is 7.59. The minimum atomic E-state index is -3.77. The van der Waals surface area contributed by atoms with Crippen LogP contribution in [-0.4, -0.2) is 8.42 Å². The van der Waals surface area contributed by atoms with Crippen LogP contribution in [-0.2, 0) is 10.0 Å². The number of primary sulfonamides is 1. The number of sulfonamides is 1. The monoisotopic (exact) mass is 283 g/mol. The number of hydrogen-bond acceptors (Lipinski definition) is 5. The van der Waals surface area contributed by atoms with Crippen molar-refractivity contribution >= 4 is 38.4 Å². The van der Waals surface area contributed by atoms with Crippen molar-refractivity contribution in [2.24, 2.45) is 5.14 Å². The summed E-state index contributed by atoms with van der Waals surface area (Å²) in [5, 5.41) is 12.1. The lowest BCUT2D eigenvalue weighted by Crippen LogP contribution is -2.15. The zero-order valence-corrected chi connectivity index (χ0v) is 11.3. The van der Waals surface area contributed by atoms with Crippen LogP contribution < -0.4 is 16.2 Å². The van der Waals surface area contributed by atoms with Crippen molar-refractivity contribution in [3.05, 3.63) is 34.5 Å². The maximum atomic E-state index is 11.5. The highest BCUT2D eigenvalue weighted by atomic mass is 32.2. The van der Waals surface area contributed by atoms with E-state index in [2.05, 4.69) is 5.32 Å². The predicted molar refractivity (Wildman–Crippen MR) is 74.6 cm³/mol. The molecule has 5 nitrogen and oxygen atoms in total. The average molecular weight is 283 g/mol. The van der Waals surface area contributed by atoms with Gasteiger partial charge in [0.15, 0.2) is 0 Å². The van der Waals surface area contributed by atoms with Crippen molar-refractivity contribution in [2.75, 3.05) is 11.1 Å². The van der Waals surface area contributed by atoms with Gasteiger partial charge in [0.05, 0.1) is 4.90 Å². The highest BCUT2D eigenvalue weighted by Crippen LogP contribution is 2.29. The smallest absolute Gasteiger partial charge is 0.238 e. The van der Waals surface area contributed by atoms with E-state index >= 15 is 0 Å². The number of rotatable bonds is 3. The lowest BCUT2D eigenvalue weighted by Gasteiger charge is -2.12. The maximum absolute atomic E-state index is 11.5. The van der Waals surface area contributed by atoms with E-state index in [9.17, 15) is 8.42 Å². The third-order valence-electron chi connectivity index (χ3n) is 2.49. The summed E-state index contributed by atoms with van der Waals surface area (Å²) in [5.74, 6) is 0. The van der Waals surface area contributed by atoms with Gasteiger partial charge in [-0.25, -0.2) is 13.6 Å². The Morgan fingerprint density at radius 1 is 1.33 bits per heavy atom. The fourth-order valence-electron chi connectivity index (χ4n) is 1.63. The zero-order chi connectivity index (χ0) is 13.3. The van der Waals surface area contributed by atoms with E-state index in [-0.39, 0.29) is 4.90 Å². The zero-order valence-electron chi connectivity index (χ0n) is 9.67. The van der Waals surface area contributed by atoms with Gasteiger partial charge in [-0.15, -0.1) is 0 Å².